The minimum absolute atomic E-state index is 0.0845. The third-order valence-corrected chi connectivity index (χ3v) is 4.71. The Balaban J connectivity index is 2.52. The zero-order chi connectivity index (χ0) is 17.1. The van der Waals surface area contributed by atoms with Gasteiger partial charge in [0.2, 0.25) is 0 Å². The van der Waals surface area contributed by atoms with Crippen molar-refractivity contribution in [3.05, 3.63) is 72.4 Å². The molecule has 0 saturated heterocycles. The van der Waals surface area contributed by atoms with E-state index in [1.165, 1.54) is 24.3 Å². The van der Waals surface area contributed by atoms with Gasteiger partial charge in [-0.3, -0.25) is 0 Å². The first-order valence-corrected chi connectivity index (χ1v) is 8.06. The maximum atomic E-state index is 12.7. The number of hydrogen-bond donors (Lipinski definition) is 0. The van der Waals surface area contributed by atoms with Crippen LogP contribution in [-0.2, 0) is 10.0 Å². The van der Waals surface area contributed by atoms with E-state index in [9.17, 15) is 21.6 Å². The molecule has 7 heteroatoms. The minimum Gasteiger partial charge on any atom is -0.242 e. The summed E-state index contributed by atoms with van der Waals surface area (Å²) in [6, 6.07) is 13.5. The van der Waals surface area contributed by atoms with Gasteiger partial charge in [-0.05, 0) is 31.2 Å². The van der Waals surface area contributed by atoms with Crippen molar-refractivity contribution in [3.63, 3.8) is 0 Å². The third kappa shape index (κ3) is 4.35. The highest BCUT2D eigenvalue weighted by molar-refractivity contribution is 7.93. The van der Waals surface area contributed by atoms with Gasteiger partial charge in [0.05, 0.1) is 10.6 Å². The van der Waals surface area contributed by atoms with E-state index in [1.54, 1.807) is 37.3 Å². The standard InChI is InChI=1S/C16H14F3NO2S/c1-13-7-9-15(10-8-13)23(21,22)20(12-11-16(17,18)19)14-5-3-2-4-6-14/h2-12H,1H3/b12-11+. The number of benzene rings is 2. The fraction of sp³-hybridized carbons (Fsp3) is 0.125. The molecule has 3 nitrogen and oxygen atoms in total. The van der Waals surface area contributed by atoms with E-state index in [1.807, 2.05) is 0 Å². The molecule has 0 amide bonds. The van der Waals surface area contributed by atoms with E-state index in [4.69, 9.17) is 0 Å². The van der Waals surface area contributed by atoms with Crippen molar-refractivity contribution in [2.45, 2.75) is 18.0 Å². The van der Waals surface area contributed by atoms with Crippen LogP contribution in [0.3, 0.4) is 0 Å². The molecule has 0 atom stereocenters. The molecule has 122 valence electrons. The normalized spacial score (nSPS) is 12.5. The summed E-state index contributed by atoms with van der Waals surface area (Å²) in [5.41, 5.74) is 0.967. The van der Waals surface area contributed by atoms with Gasteiger partial charge >= 0.3 is 6.18 Å². The van der Waals surface area contributed by atoms with Crippen LogP contribution in [-0.4, -0.2) is 14.6 Å². The van der Waals surface area contributed by atoms with Crippen LogP contribution < -0.4 is 4.31 Å². The predicted molar refractivity (Wildman–Crippen MR) is 82.5 cm³/mol. The molecule has 0 bridgehead atoms. The number of sulfonamides is 1. The molecule has 0 aliphatic rings. The Morgan fingerprint density at radius 3 is 2.04 bits per heavy atom. The van der Waals surface area contributed by atoms with Gasteiger partial charge in [-0.15, -0.1) is 0 Å². The molecule has 0 saturated carbocycles. The first-order valence-electron chi connectivity index (χ1n) is 6.62. The highest BCUT2D eigenvalue weighted by Crippen LogP contribution is 2.26. The number of para-hydroxylation sites is 1. The van der Waals surface area contributed by atoms with Crippen molar-refractivity contribution in [2.75, 3.05) is 4.31 Å². The van der Waals surface area contributed by atoms with Gasteiger partial charge in [0, 0.05) is 12.3 Å². The molecular formula is C16H14F3NO2S. The van der Waals surface area contributed by atoms with Crippen LogP contribution in [0.1, 0.15) is 5.56 Å². The van der Waals surface area contributed by atoms with Crippen molar-refractivity contribution in [1.82, 2.24) is 0 Å². The van der Waals surface area contributed by atoms with Crippen LogP contribution in [0.5, 0.6) is 0 Å². The van der Waals surface area contributed by atoms with Gasteiger partial charge < -0.3 is 0 Å². The first-order chi connectivity index (χ1) is 10.7. The lowest BCUT2D eigenvalue weighted by atomic mass is 10.2. The van der Waals surface area contributed by atoms with E-state index < -0.39 is 16.2 Å². The van der Waals surface area contributed by atoms with Gasteiger partial charge in [0.25, 0.3) is 10.0 Å². The summed E-state index contributed by atoms with van der Waals surface area (Å²) in [4.78, 5) is -0.0845. The number of rotatable bonds is 4. The third-order valence-electron chi connectivity index (χ3n) is 2.99. The second-order valence-corrected chi connectivity index (χ2v) is 6.62. The van der Waals surface area contributed by atoms with Crippen molar-refractivity contribution in [2.24, 2.45) is 0 Å². The molecule has 0 heterocycles. The van der Waals surface area contributed by atoms with Crippen LogP contribution in [0, 0.1) is 6.92 Å². The molecule has 0 aromatic heterocycles. The van der Waals surface area contributed by atoms with Gasteiger partial charge in [-0.2, -0.15) is 13.2 Å². The average molecular weight is 341 g/mol. The molecule has 23 heavy (non-hydrogen) atoms. The molecule has 0 unspecified atom stereocenters. The number of allylic oxidation sites excluding steroid dienone is 1. The maximum Gasteiger partial charge on any atom is 0.411 e. The lowest BCUT2D eigenvalue weighted by Gasteiger charge is -2.21. The number of anilines is 1. The van der Waals surface area contributed by atoms with Crippen LogP contribution in [0.4, 0.5) is 18.9 Å². The molecule has 0 fully saturated rings. The molecule has 0 aliphatic carbocycles. The Kier molecular flexibility index (Phi) is 4.79. The number of alkyl halides is 3. The van der Waals surface area contributed by atoms with Crippen LogP contribution in [0.15, 0.2) is 71.8 Å². The summed E-state index contributed by atoms with van der Waals surface area (Å²) >= 11 is 0. The van der Waals surface area contributed by atoms with E-state index in [2.05, 4.69) is 0 Å². The maximum absolute atomic E-state index is 12.7. The first kappa shape index (κ1) is 17.1. The molecule has 0 aliphatic heterocycles. The highest BCUT2D eigenvalue weighted by atomic mass is 32.2. The Bertz CT molecular complexity index is 782. The van der Waals surface area contributed by atoms with E-state index in [-0.39, 0.29) is 16.7 Å². The molecule has 0 spiro atoms. The van der Waals surface area contributed by atoms with Crippen LogP contribution in [0.25, 0.3) is 0 Å². The summed E-state index contributed by atoms with van der Waals surface area (Å²) < 4.78 is 63.4. The number of aryl methyl sites for hydroxylation is 1. The second-order valence-electron chi connectivity index (χ2n) is 4.81. The van der Waals surface area contributed by atoms with Gasteiger partial charge in [-0.1, -0.05) is 35.9 Å². The Hall–Kier alpha value is -2.28. The van der Waals surface area contributed by atoms with E-state index >= 15 is 0 Å². The summed E-state index contributed by atoms with van der Waals surface area (Å²) in [6.07, 6.45) is -4.20. The van der Waals surface area contributed by atoms with Gasteiger partial charge in [0.1, 0.15) is 0 Å². The monoisotopic (exact) mass is 341 g/mol. The lowest BCUT2D eigenvalue weighted by Crippen LogP contribution is -2.26. The van der Waals surface area contributed by atoms with E-state index in [0.29, 0.717) is 10.5 Å². The molecule has 2 aromatic carbocycles. The summed E-state index contributed by atoms with van der Waals surface area (Å²) in [7, 11) is -4.15. The average Bonchev–Trinajstić information content (AvgIpc) is 2.47. The molecular weight excluding hydrogens is 327 g/mol. The Labute approximate surface area is 132 Å². The molecule has 2 rings (SSSR count). The quantitative estimate of drug-likeness (QED) is 0.833. The molecule has 0 N–H and O–H groups in total. The SMILES string of the molecule is Cc1ccc(S(=O)(=O)N(/C=C/C(F)(F)F)c2ccccc2)cc1. The van der Waals surface area contributed by atoms with Crippen LogP contribution in [0.2, 0.25) is 0 Å². The van der Waals surface area contributed by atoms with Crippen molar-refractivity contribution >= 4 is 15.7 Å². The molecule has 2 aromatic rings. The smallest absolute Gasteiger partial charge is 0.242 e. The minimum atomic E-state index is -4.62. The summed E-state index contributed by atoms with van der Waals surface area (Å²) in [6.45, 7) is 1.79. The highest BCUT2D eigenvalue weighted by Gasteiger charge is 2.27. The van der Waals surface area contributed by atoms with Gasteiger partial charge in [-0.25, -0.2) is 12.7 Å². The topological polar surface area (TPSA) is 37.4 Å². The number of hydrogen-bond acceptors (Lipinski definition) is 2. The fourth-order valence-corrected chi connectivity index (χ4v) is 3.18. The second kappa shape index (κ2) is 6.45. The number of halogens is 3. The summed E-state index contributed by atoms with van der Waals surface area (Å²) in [5, 5.41) is 0. The molecule has 0 radical (unpaired) electrons. The van der Waals surface area contributed by atoms with Crippen molar-refractivity contribution in [1.29, 1.82) is 0 Å². The Morgan fingerprint density at radius 2 is 1.52 bits per heavy atom. The zero-order valence-electron chi connectivity index (χ0n) is 12.2. The lowest BCUT2D eigenvalue weighted by molar-refractivity contribution is -0.0799. The largest absolute Gasteiger partial charge is 0.411 e. The predicted octanol–water partition coefficient (Wildman–Crippen LogP) is 4.27. The van der Waals surface area contributed by atoms with Gasteiger partial charge in [0.15, 0.2) is 0 Å². The van der Waals surface area contributed by atoms with E-state index in [0.717, 1.165) is 5.56 Å². The number of nitrogens with zero attached hydrogens (tertiary/aromatic N) is 1. The summed E-state index contributed by atoms with van der Waals surface area (Å²) in [5.74, 6) is 0. The van der Waals surface area contributed by atoms with Crippen molar-refractivity contribution < 1.29 is 21.6 Å². The zero-order valence-corrected chi connectivity index (χ0v) is 13.0. The fourth-order valence-electron chi connectivity index (χ4n) is 1.86. The van der Waals surface area contributed by atoms with Crippen LogP contribution >= 0.6 is 0 Å². The van der Waals surface area contributed by atoms with Crippen molar-refractivity contribution in [3.8, 4) is 0 Å². The Morgan fingerprint density at radius 1 is 0.957 bits per heavy atom.